The van der Waals surface area contributed by atoms with E-state index < -0.39 is 9.84 Å². The second-order valence-electron chi connectivity index (χ2n) is 5.82. The lowest BCUT2D eigenvalue weighted by Gasteiger charge is -2.09. The van der Waals surface area contributed by atoms with Crippen LogP contribution in [-0.2, 0) is 9.84 Å². The second-order valence-corrected chi connectivity index (χ2v) is 7.83. The molecule has 0 aliphatic rings. The van der Waals surface area contributed by atoms with Gasteiger partial charge in [-0.05, 0) is 60.7 Å². The lowest BCUT2D eigenvalue weighted by atomic mass is 10.2. The molecule has 0 heterocycles. The first-order valence-corrected chi connectivity index (χ1v) is 9.84. The average Bonchev–Trinajstić information content (AvgIpc) is 2.63. The van der Waals surface area contributed by atoms with Crippen LogP contribution in [0.3, 0.4) is 0 Å². The van der Waals surface area contributed by atoms with Crippen LogP contribution in [0.5, 0.6) is 0 Å². The van der Waals surface area contributed by atoms with Crippen molar-refractivity contribution >= 4 is 32.8 Å². The van der Waals surface area contributed by atoms with Crippen LogP contribution in [0.2, 0.25) is 0 Å². The minimum atomic E-state index is -3.27. The topological polar surface area (TPSA) is 75.3 Å². The summed E-state index contributed by atoms with van der Waals surface area (Å²) >= 11 is 0. The molecule has 0 fully saturated rings. The minimum Gasteiger partial charge on any atom is -0.356 e. The molecule has 1 amide bonds. The minimum absolute atomic E-state index is 0.186. The van der Waals surface area contributed by atoms with Gasteiger partial charge in [0.05, 0.1) is 4.90 Å². The van der Waals surface area contributed by atoms with E-state index in [0.717, 1.165) is 17.6 Å². The highest BCUT2D eigenvalue weighted by Crippen LogP contribution is 2.19. The summed E-state index contributed by atoms with van der Waals surface area (Å²) in [7, 11) is -3.27. The van der Waals surface area contributed by atoms with Gasteiger partial charge in [-0.2, -0.15) is 0 Å². The van der Waals surface area contributed by atoms with Gasteiger partial charge in [0, 0.05) is 28.9 Å². The molecule has 3 aromatic carbocycles. The van der Waals surface area contributed by atoms with E-state index in [-0.39, 0.29) is 10.8 Å². The Kier molecular flexibility index (Phi) is 5.04. The van der Waals surface area contributed by atoms with Gasteiger partial charge in [0.2, 0.25) is 0 Å². The van der Waals surface area contributed by atoms with E-state index in [4.69, 9.17) is 0 Å². The Morgan fingerprint density at radius 3 is 1.85 bits per heavy atom. The summed E-state index contributed by atoms with van der Waals surface area (Å²) in [5, 5.41) is 6.06. The molecular weight excluding hydrogens is 348 g/mol. The number of hydrogen-bond acceptors (Lipinski definition) is 4. The summed E-state index contributed by atoms with van der Waals surface area (Å²) in [4.78, 5) is 12.5. The van der Waals surface area contributed by atoms with Crippen LogP contribution in [0.15, 0.2) is 83.8 Å². The zero-order valence-corrected chi connectivity index (χ0v) is 15.0. The number of hydrogen-bond donors (Lipinski definition) is 2. The van der Waals surface area contributed by atoms with E-state index in [9.17, 15) is 13.2 Å². The summed E-state index contributed by atoms with van der Waals surface area (Å²) in [6, 6.07) is 23.0. The van der Waals surface area contributed by atoms with Crippen molar-refractivity contribution in [1.82, 2.24) is 0 Å². The molecule has 0 aliphatic heterocycles. The SMILES string of the molecule is CS(=O)(=O)c1ccc(C(=O)Nc2ccc(Nc3ccccc3)cc2)cc1. The van der Waals surface area contributed by atoms with Crippen molar-refractivity contribution in [1.29, 1.82) is 0 Å². The zero-order valence-electron chi connectivity index (χ0n) is 14.1. The molecular formula is C20H18N2O3S. The highest BCUT2D eigenvalue weighted by Gasteiger charge is 2.10. The summed E-state index contributed by atoms with van der Waals surface area (Å²) < 4.78 is 22.9. The van der Waals surface area contributed by atoms with Gasteiger partial charge in [-0.3, -0.25) is 4.79 Å². The highest BCUT2D eigenvalue weighted by atomic mass is 32.2. The van der Waals surface area contributed by atoms with Crippen molar-refractivity contribution in [2.24, 2.45) is 0 Å². The lowest BCUT2D eigenvalue weighted by molar-refractivity contribution is 0.102. The Bertz CT molecular complexity index is 997. The third-order valence-corrected chi connectivity index (χ3v) is 4.88. The summed E-state index contributed by atoms with van der Waals surface area (Å²) in [5.74, 6) is -0.297. The normalized spacial score (nSPS) is 11.0. The van der Waals surface area contributed by atoms with Crippen LogP contribution in [0.1, 0.15) is 10.4 Å². The van der Waals surface area contributed by atoms with Crippen LogP contribution < -0.4 is 10.6 Å². The maximum Gasteiger partial charge on any atom is 0.255 e. The number of anilines is 3. The van der Waals surface area contributed by atoms with Crippen molar-refractivity contribution < 1.29 is 13.2 Å². The summed E-state index contributed by atoms with van der Waals surface area (Å²) in [5.41, 5.74) is 2.94. The third kappa shape index (κ3) is 4.49. The van der Waals surface area contributed by atoms with Crippen molar-refractivity contribution in [2.45, 2.75) is 4.90 Å². The number of carbonyl (C=O) groups is 1. The zero-order chi connectivity index (χ0) is 18.6. The monoisotopic (exact) mass is 366 g/mol. The molecule has 0 aromatic heterocycles. The molecule has 0 saturated heterocycles. The van der Waals surface area contributed by atoms with Crippen molar-refractivity contribution in [2.75, 3.05) is 16.9 Å². The molecule has 0 spiro atoms. The van der Waals surface area contributed by atoms with E-state index in [1.165, 1.54) is 24.3 Å². The van der Waals surface area contributed by atoms with Gasteiger partial charge in [0.15, 0.2) is 9.84 Å². The van der Waals surface area contributed by atoms with E-state index in [0.29, 0.717) is 11.3 Å². The lowest BCUT2D eigenvalue weighted by Crippen LogP contribution is -2.12. The Balaban J connectivity index is 1.66. The van der Waals surface area contributed by atoms with Gasteiger partial charge in [0.1, 0.15) is 0 Å². The van der Waals surface area contributed by atoms with Gasteiger partial charge >= 0.3 is 0 Å². The molecule has 0 unspecified atom stereocenters. The van der Waals surface area contributed by atoms with Gasteiger partial charge in [-0.25, -0.2) is 8.42 Å². The van der Waals surface area contributed by atoms with Gasteiger partial charge < -0.3 is 10.6 Å². The summed E-state index contributed by atoms with van der Waals surface area (Å²) in [6.45, 7) is 0. The van der Waals surface area contributed by atoms with Gasteiger partial charge in [-0.15, -0.1) is 0 Å². The average molecular weight is 366 g/mol. The Morgan fingerprint density at radius 1 is 0.731 bits per heavy atom. The first kappa shape index (κ1) is 17.7. The molecule has 2 N–H and O–H groups in total. The predicted molar refractivity (Wildman–Crippen MR) is 104 cm³/mol. The smallest absolute Gasteiger partial charge is 0.255 e. The molecule has 132 valence electrons. The number of rotatable bonds is 5. The first-order valence-electron chi connectivity index (χ1n) is 7.95. The van der Waals surface area contributed by atoms with Gasteiger partial charge in [-0.1, -0.05) is 18.2 Å². The van der Waals surface area contributed by atoms with Crippen LogP contribution in [-0.4, -0.2) is 20.6 Å². The number of amides is 1. The van der Waals surface area contributed by atoms with Crippen molar-refractivity contribution in [3.63, 3.8) is 0 Å². The molecule has 26 heavy (non-hydrogen) atoms. The van der Waals surface area contributed by atoms with Crippen molar-refractivity contribution in [3.8, 4) is 0 Å². The molecule has 0 atom stereocenters. The fourth-order valence-electron chi connectivity index (χ4n) is 2.38. The number of para-hydroxylation sites is 1. The third-order valence-electron chi connectivity index (χ3n) is 3.75. The molecule has 0 radical (unpaired) electrons. The van der Waals surface area contributed by atoms with Crippen molar-refractivity contribution in [3.05, 3.63) is 84.4 Å². The maximum atomic E-state index is 12.3. The van der Waals surface area contributed by atoms with Crippen LogP contribution in [0.4, 0.5) is 17.1 Å². The maximum absolute atomic E-state index is 12.3. The molecule has 0 aliphatic carbocycles. The second kappa shape index (κ2) is 7.41. The predicted octanol–water partition coefficient (Wildman–Crippen LogP) is 4.09. The largest absolute Gasteiger partial charge is 0.356 e. The standard InChI is InChI=1S/C20H18N2O3S/c1-26(24,25)19-13-7-15(8-14-19)20(23)22-18-11-9-17(10-12-18)21-16-5-3-2-4-6-16/h2-14,21H,1H3,(H,22,23). The molecule has 5 nitrogen and oxygen atoms in total. The fraction of sp³-hybridized carbons (Fsp3) is 0.0500. The Labute approximate surface area is 152 Å². The fourth-order valence-corrected chi connectivity index (χ4v) is 3.01. The summed E-state index contributed by atoms with van der Waals surface area (Å²) in [6.07, 6.45) is 1.13. The number of carbonyl (C=O) groups excluding carboxylic acids is 1. The van der Waals surface area contributed by atoms with Crippen LogP contribution in [0, 0.1) is 0 Å². The number of nitrogens with one attached hydrogen (secondary N) is 2. The number of benzene rings is 3. The molecule has 0 bridgehead atoms. The van der Waals surface area contributed by atoms with Crippen LogP contribution in [0.25, 0.3) is 0 Å². The van der Waals surface area contributed by atoms with Gasteiger partial charge in [0.25, 0.3) is 5.91 Å². The Hall–Kier alpha value is -3.12. The molecule has 3 rings (SSSR count). The first-order chi connectivity index (χ1) is 12.4. The molecule has 3 aromatic rings. The van der Waals surface area contributed by atoms with E-state index in [1.54, 1.807) is 12.1 Å². The van der Waals surface area contributed by atoms with E-state index in [1.807, 2.05) is 42.5 Å². The molecule has 0 saturated carbocycles. The number of sulfone groups is 1. The molecule has 6 heteroatoms. The van der Waals surface area contributed by atoms with E-state index >= 15 is 0 Å². The quantitative estimate of drug-likeness (QED) is 0.713. The van der Waals surface area contributed by atoms with E-state index in [2.05, 4.69) is 10.6 Å². The van der Waals surface area contributed by atoms with Crippen LogP contribution >= 0.6 is 0 Å². The Morgan fingerprint density at radius 2 is 1.27 bits per heavy atom. The highest BCUT2D eigenvalue weighted by molar-refractivity contribution is 7.90.